The van der Waals surface area contributed by atoms with Gasteiger partial charge in [0.25, 0.3) is 0 Å². The van der Waals surface area contributed by atoms with E-state index in [9.17, 15) is 9.35 Å². The fourth-order valence-electron chi connectivity index (χ4n) is 1.31. The Morgan fingerprint density at radius 2 is 1.90 bits per heavy atom. The number of rotatable bonds is 8. The third-order valence-electron chi connectivity index (χ3n) is 2.88. The van der Waals surface area contributed by atoms with E-state index in [0.29, 0.717) is 19.4 Å². The van der Waals surface area contributed by atoms with Gasteiger partial charge in [0.1, 0.15) is 16.1 Å². The van der Waals surface area contributed by atoms with E-state index in [1.807, 2.05) is 34.6 Å². The van der Waals surface area contributed by atoms with Gasteiger partial charge in [-0.2, -0.15) is 0 Å². The van der Waals surface area contributed by atoms with Crippen LogP contribution in [-0.4, -0.2) is 28.1 Å². The molecule has 4 nitrogen and oxygen atoms in total. The first-order chi connectivity index (χ1) is 9.11. The summed E-state index contributed by atoms with van der Waals surface area (Å²) in [7, 11) is 0. The fraction of sp³-hybridized carbons (Fsp3) is 0.867. The molecule has 0 aliphatic carbocycles. The largest absolute Gasteiger partial charge is 0.591 e. The monoisotopic (exact) mass is 303 g/mol. The van der Waals surface area contributed by atoms with Gasteiger partial charge in [-0.05, 0) is 53.9 Å². The molecule has 0 aliphatic rings. The second kappa shape index (κ2) is 8.67. The highest BCUT2D eigenvalue weighted by atomic mass is 32.2. The molecule has 0 spiro atoms. The van der Waals surface area contributed by atoms with E-state index < -0.39 is 16.8 Å². The quantitative estimate of drug-likeness (QED) is 0.297. The highest BCUT2D eigenvalue weighted by Crippen LogP contribution is 2.24. The van der Waals surface area contributed by atoms with Crippen molar-refractivity contribution < 1.29 is 14.1 Å². The Hall–Kier alpha value is -0.550. The van der Waals surface area contributed by atoms with Gasteiger partial charge < -0.3 is 9.29 Å². The molecule has 0 aromatic heterocycles. The second-order valence-corrected chi connectivity index (χ2v) is 8.50. The number of carbonyl (C=O) groups is 1. The van der Waals surface area contributed by atoms with Crippen LogP contribution < -0.4 is 0 Å². The second-order valence-electron chi connectivity index (χ2n) is 6.56. The summed E-state index contributed by atoms with van der Waals surface area (Å²) in [6.07, 6.45) is 4.83. The zero-order valence-corrected chi connectivity index (χ0v) is 14.5. The molecule has 0 rings (SSSR count). The third kappa shape index (κ3) is 7.90. The summed E-state index contributed by atoms with van der Waals surface area (Å²) in [6.45, 7) is 11.9. The van der Waals surface area contributed by atoms with Crippen molar-refractivity contribution in [1.29, 1.82) is 0 Å². The lowest BCUT2D eigenvalue weighted by atomic mass is 9.88. The molecular weight excluding hydrogens is 274 g/mol. The van der Waals surface area contributed by atoms with Crippen LogP contribution in [0.1, 0.15) is 67.2 Å². The smallest absolute Gasteiger partial charge is 0.311 e. The van der Waals surface area contributed by atoms with Crippen LogP contribution in [0.2, 0.25) is 0 Å². The third-order valence-corrected chi connectivity index (χ3v) is 4.26. The maximum absolute atomic E-state index is 11.9. The van der Waals surface area contributed by atoms with Crippen LogP contribution in [0.25, 0.3) is 0 Å². The van der Waals surface area contributed by atoms with Crippen molar-refractivity contribution in [3.05, 3.63) is 0 Å². The number of hydrogen-bond acceptors (Lipinski definition) is 4. The summed E-state index contributed by atoms with van der Waals surface area (Å²) < 4.78 is 20.6. The molecule has 0 saturated heterocycles. The Morgan fingerprint density at radius 3 is 2.40 bits per heavy atom. The Bertz CT molecular complexity index is 322. The molecule has 0 fully saturated rings. The molecule has 0 saturated carbocycles. The number of carbonyl (C=O) groups excluding carboxylic acids is 1. The van der Waals surface area contributed by atoms with Crippen molar-refractivity contribution in [1.82, 2.24) is 0 Å². The van der Waals surface area contributed by atoms with E-state index in [2.05, 4.69) is 11.3 Å². The Balaban J connectivity index is 4.15. The van der Waals surface area contributed by atoms with E-state index in [1.54, 1.807) is 6.21 Å². The van der Waals surface area contributed by atoms with Gasteiger partial charge in [0.15, 0.2) is 0 Å². The predicted octanol–water partition coefficient (Wildman–Crippen LogP) is 3.67. The molecule has 0 radical (unpaired) electrons. The van der Waals surface area contributed by atoms with Crippen LogP contribution >= 0.6 is 0 Å². The lowest BCUT2D eigenvalue weighted by Crippen LogP contribution is -2.27. The zero-order valence-electron chi connectivity index (χ0n) is 13.7. The summed E-state index contributed by atoms with van der Waals surface area (Å²) in [4.78, 5) is 11.9. The van der Waals surface area contributed by atoms with Crippen molar-refractivity contribution in [2.75, 3.05) is 6.61 Å². The summed E-state index contributed by atoms with van der Waals surface area (Å²) in [5.74, 6) is -0.170. The molecule has 5 heteroatoms. The lowest BCUT2D eigenvalue weighted by Gasteiger charge is -2.21. The van der Waals surface area contributed by atoms with Crippen molar-refractivity contribution >= 4 is 23.5 Å². The highest BCUT2D eigenvalue weighted by Gasteiger charge is 2.29. The predicted molar refractivity (Wildman–Crippen MR) is 85.3 cm³/mol. The SMILES string of the molecule is CCCCOC(=O)C(C)(C)CCC=N[S+]([O-])C(C)(C)C. The molecule has 0 aliphatic heterocycles. The highest BCUT2D eigenvalue weighted by molar-refractivity contribution is 7.91. The van der Waals surface area contributed by atoms with Crippen molar-refractivity contribution in [3.63, 3.8) is 0 Å². The normalized spacial score (nSPS) is 14.6. The zero-order chi connectivity index (χ0) is 15.8. The number of nitrogens with zero attached hydrogens (tertiary/aromatic N) is 1. The maximum atomic E-state index is 11.9. The van der Waals surface area contributed by atoms with Gasteiger partial charge in [0.2, 0.25) is 0 Å². The van der Waals surface area contributed by atoms with Gasteiger partial charge >= 0.3 is 5.97 Å². The maximum Gasteiger partial charge on any atom is 0.311 e. The number of unbranched alkanes of at least 4 members (excludes halogenated alkanes) is 1. The molecule has 0 N–H and O–H groups in total. The first kappa shape index (κ1) is 19.4. The fourth-order valence-corrected chi connectivity index (χ4v) is 1.87. The van der Waals surface area contributed by atoms with Gasteiger partial charge in [0, 0.05) is 0 Å². The molecule has 1 atom stereocenters. The standard InChI is InChI=1S/C15H29NO3S/c1-7-8-12-19-13(17)15(5,6)10-9-11-16-20(18)14(2,3)4/h11H,7-10,12H2,1-6H3. The van der Waals surface area contributed by atoms with Gasteiger partial charge in [-0.1, -0.05) is 17.7 Å². The summed E-state index contributed by atoms with van der Waals surface area (Å²) in [5.41, 5.74) is -0.525. The first-order valence-electron chi connectivity index (χ1n) is 7.23. The Morgan fingerprint density at radius 1 is 1.30 bits per heavy atom. The van der Waals surface area contributed by atoms with E-state index in [4.69, 9.17) is 4.74 Å². The van der Waals surface area contributed by atoms with Crippen LogP contribution in [-0.2, 0) is 20.9 Å². The number of esters is 1. The van der Waals surface area contributed by atoms with Crippen molar-refractivity contribution in [3.8, 4) is 0 Å². The van der Waals surface area contributed by atoms with E-state index in [0.717, 1.165) is 12.8 Å². The van der Waals surface area contributed by atoms with Gasteiger partial charge in [0.05, 0.1) is 18.2 Å². The average molecular weight is 303 g/mol. The van der Waals surface area contributed by atoms with Crippen molar-refractivity contribution in [2.24, 2.45) is 9.81 Å². The Labute approximate surface area is 126 Å². The Kier molecular flexibility index (Phi) is 8.44. The van der Waals surface area contributed by atoms with Gasteiger partial charge in [-0.15, -0.1) is 0 Å². The lowest BCUT2D eigenvalue weighted by molar-refractivity contribution is -0.154. The molecule has 0 amide bonds. The first-order valence-corrected chi connectivity index (χ1v) is 8.33. The van der Waals surface area contributed by atoms with Crippen LogP contribution in [0.15, 0.2) is 4.40 Å². The molecule has 1 unspecified atom stereocenters. The molecule has 0 aromatic rings. The number of ether oxygens (including phenoxy) is 1. The number of hydrogen-bond donors (Lipinski definition) is 0. The van der Waals surface area contributed by atoms with E-state index >= 15 is 0 Å². The van der Waals surface area contributed by atoms with Crippen LogP contribution in [0.4, 0.5) is 0 Å². The summed E-state index contributed by atoms with van der Waals surface area (Å²) >= 11 is -1.23. The average Bonchev–Trinajstić information content (AvgIpc) is 2.33. The molecular formula is C15H29NO3S. The van der Waals surface area contributed by atoms with E-state index in [-0.39, 0.29) is 10.7 Å². The molecule has 0 aromatic carbocycles. The molecule has 0 bridgehead atoms. The van der Waals surface area contributed by atoms with Crippen LogP contribution in [0.5, 0.6) is 0 Å². The minimum Gasteiger partial charge on any atom is -0.591 e. The molecule has 0 heterocycles. The summed E-state index contributed by atoms with van der Waals surface area (Å²) in [6, 6.07) is 0. The van der Waals surface area contributed by atoms with Gasteiger partial charge in [-0.3, -0.25) is 4.79 Å². The van der Waals surface area contributed by atoms with E-state index in [1.165, 1.54) is 0 Å². The summed E-state index contributed by atoms with van der Waals surface area (Å²) in [5, 5.41) is 0. The minimum absolute atomic E-state index is 0.170. The van der Waals surface area contributed by atoms with Crippen LogP contribution in [0.3, 0.4) is 0 Å². The molecule has 20 heavy (non-hydrogen) atoms. The van der Waals surface area contributed by atoms with Crippen LogP contribution in [0, 0.1) is 5.41 Å². The van der Waals surface area contributed by atoms with Crippen molar-refractivity contribution in [2.45, 2.75) is 72.0 Å². The molecule has 118 valence electrons. The minimum atomic E-state index is -1.23. The topological polar surface area (TPSA) is 61.7 Å². The van der Waals surface area contributed by atoms with Gasteiger partial charge in [-0.25, -0.2) is 0 Å².